The summed E-state index contributed by atoms with van der Waals surface area (Å²) in [5.74, 6) is 1.09. The lowest BCUT2D eigenvalue weighted by Gasteiger charge is -2.15. The minimum Gasteiger partial charge on any atom is -0.493 e. The molecule has 2 rings (SSSR count). The van der Waals surface area contributed by atoms with E-state index < -0.39 is 6.10 Å². The molecule has 0 fully saturated rings. The number of ether oxygens (including phenoxy) is 2. The molecular weight excluding hydrogens is 272 g/mol. The van der Waals surface area contributed by atoms with E-state index in [2.05, 4.69) is 17.1 Å². The average molecular weight is 294 g/mol. The normalized spacial score (nSPS) is 12.5. The smallest absolute Gasteiger partial charge is 0.217 e. The predicted octanol–water partition coefficient (Wildman–Crippen LogP) is 1.43. The van der Waals surface area contributed by atoms with E-state index in [1.807, 2.05) is 6.92 Å². The van der Waals surface area contributed by atoms with Crippen molar-refractivity contribution in [2.24, 2.45) is 7.05 Å². The molecule has 21 heavy (non-hydrogen) atoms. The second-order valence-corrected chi connectivity index (χ2v) is 4.86. The number of hydrogen-bond donors (Lipinski definition) is 1. The summed E-state index contributed by atoms with van der Waals surface area (Å²) in [6.07, 6.45) is 1.62. The minimum atomic E-state index is -0.905. The summed E-state index contributed by atoms with van der Waals surface area (Å²) < 4.78 is 14.1. The lowest BCUT2D eigenvalue weighted by atomic mass is 10.1. The lowest BCUT2D eigenvalue weighted by Crippen LogP contribution is -2.12. The first-order valence-corrected chi connectivity index (χ1v) is 6.90. The van der Waals surface area contributed by atoms with Crippen LogP contribution in [0.5, 0.6) is 11.6 Å². The monoisotopic (exact) mass is 294 g/mol. The Labute approximate surface area is 124 Å². The van der Waals surface area contributed by atoms with Crippen LogP contribution in [0.2, 0.25) is 0 Å². The summed E-state index contributed by atoms with van der Waals surface area (Å²) in [6, 6.07) is 0. The standard InChI is InChI=1S/C14H22N4O3/c1-6-7-18-12(10(20-4)8-15-18)13(19)11-9(2)16-17(3)14(11)21-5/h8,13,19H,6-7H2,1-5H3. The Morgan fingerprint density at radius 1 is 1.33 bits per heavy atom. The third-order valence-electron chi connectivity index (χ3n) is 3.44. The topological polar surface area (TPSA) is 74.3 Å². The summed E-state index contributed by atoms with van der Waals surface area (Å²) in [6.45, 7) is 4.60. The molecule has 1 N–H and O–H groups in total. The van der Waals surface area contributed by atoms with Gasteiger partial charge >= 0.3 is 0 Å². The number of nitrogens with zero attached hydrogens (tertiary/aromatic N) is 4. The highest BCUT2D eigenvalue weighted by molar-refractivity contribution is 5.41. The van der Waals surface area contributed by atoms with Gasteiger partial charge in [-0.25, -0.2) is 4.68 Å². The molecule has 2 aromatic heterocycles. The van der Waals surface area contributed by atoms with Crippen LogP contribution in [-0.4, -0.2) is 38.9 Å². The molecule has 116 valence electrons. The lowest BCUT2D eigenvalue weighted by molar-refractivity contribution is 0.195. The van der Waals surface area contributed by atoms with Crippen molar-refractivity contribution < 1.29 is 14.6 Å². The number of aromatic nitrogens is 4. The average Bonchev–Trinajstić information content (AvgIpc) is 2.98. The zero-order chi connectivity index (χ0) is 15.6. The number of aryl methyl sites for hydroxylation is 3. The zero-order valence-electron chi connectivity index (χ0n) is 13.1. The first kappa shape index (κ1) is 15.4. The Morgan fingerprint density at radius 3 is 2.62 bits per heavy atom. The Balaban J connectivity index is 2.54. The van der Waals surface area contributed by atoms with Crippen molar-refractivity contribution in [1.82, 2.24) is 19.6 Å². The Kier molecular flexibility index (Phi) is 4.52. The fourth-order valence-corrected chi connectivity index (χ4v) is 2.55. The first-order valence-electron chi connectivity index (χ1n) is 6.90. The summed E-state index contributed by atoms with van der Waals surface area (Å²) >= 11 is 0. The van der Waals surface area contributed by atoms with E-state index in [1.165, 1.54) is 0 Å². The maximum Gasteiger partial charge on any atom is 0.217 e. The van der Waals surface area contributed by atoms with Crippen molar-refractivity contribution in [1.29, 1.82) is 0 Å². The minimum absolute atomic E-state index is 0.534. The van der Waals surface area contributed by atoms with Crippen LogP contribution >= 0.6 is 0 Å². The fourth-order valence-electron chi connectivity index (χ4n) is 2.55. The van der Waals surface area contributed by atoms with Gasteiger partial charge in [-0.05, 0) is 13.3 Å². The van der Waals surface area contributed by atoms with Crippen LogP contribution in [0.1, 0.15) is 36.4 Å². The molecule has 7 heteroatoms. The fraction of sp³-hybridized carbons (Fsp3) is 0.571. The molecule has 0 amide bonds. The van der Waals surface area contributed by atoms with Crippen LogP contribution in [0, 0.1) is 6.92 Å². The maximum atomic E-state index is 10.8. The van der Waals surface area contributed by atoms with Crippen LogP contribution in [0.4, 0.5) is 0 Å². The Bertz CT molecular complexity index is 618. The van der Waals surface area contributed by atoms with Gasteiger partial charge in [-0.1, -0.05) is 6.92 Å². The molecule has 2 aromatic rings. The van der Waals surface area contributed by atoms with Gasteiger partial charge in [0.25, 0.3) is 0 Å². The molecule has 0 bridgehead atoms. The van der Waals surface area contributed by atoms with Crippen LogP contribution in [0.25, 0.3) is 0 Å². The zero-order valence-corrected chi connectivity index (χ0v) is 13.1. The highest BCUT2D eigenvalue weighted by atomic mass is 16.5. The van der Waals surface area contributed by atoms with Crippen molar-refractivity contribution in [2.75, 3.05) is 14.2 Å². The molecule has 0 aliphatic heterocycles. The van der Waals surface area contributed by atoms with Crippen molar-refractivity contribution in [3.05, 3.63) is 23.1 Å². The third-order valence-corrected chi connectivity index (χ3v) is 3.44. The third kappa shape index (κ3) is 2.61. The molecule has 1 unspecified atom stereocenters. The van der Waals surface area contributed by atoms with Crippen molar-refractivity contribution in [3.63, 3.8) is 0 Å². The second kappa shape index (κ2) is 6.17. The van der Waals surface area contributed by atoms with Gasteiger partial charge in [0.2, 0.25) is 5.88 Å². The maximum absolute atomic E-state index is 10.8. The number of hydrogen-bond acceptors (Lipinski definition) is 5. The van der Waals surface area contributed by atoms with E-state index >= 15 is 0 Å². The van der Waals surface area contributed by atoms with E-state index in [-0.39, 0.29) is 0 Å². The van der Waals surface area contributed by atoms with Gasteiger partial charge in [-0.15, -0.1) is 0 Å². The highest BCUT2D eigenvalue weighted by Gasteiger charge is 2.28. The molecule has 0 aliphatic rings. The van der Waals surface area contributed by atoms with E-state index in [1.54, 1.807) is 36.8 Å². The van der Waals surface area contributed by atoms with Gasteiger partial charge in [0.1, 0.15) is 11.8 Å². The highest BCUT2D eigenvalue weighted by Crippen LogP contribution is 2.36. The largest absolute Gasteiger partial charge is 0.493 e. The first-order chi connectivity index (χ1) is 10.0. The molecule has 0 saturated heterocycles. The van der Waals surface area contributed by atoms with E-state index in [4.69, 9.17) is 9.47 Å². The van der Waals surface area contributed by atoms with Crippen LogP contribution in [0.3, 0.4) is 0 Å². The number of aliphatic hydroxyl groups excluding tert-OH is 1. The number of rotatable bonds is 6. The predicted molar refractivity (Wildman–Crippen MR) is 77.6 cm³/mol. The Hall–Kier alpha value is -2.02. The molecule has 2 heterocycles. The van der Waals surface area contributed by atoms with Gasteiger partial charge in [-0.3, -0.25) is 4.68 Å². The van der Waals surface area contributed by atoms with Gasteiger partial charge in [0.05, 0.1) is 31.7 Å². The Morgan fingerprint density at radius 2 is 2.05 bits per heavy atom. The van der Waals surface area contributed by atoms with E-state index in [0.717, 1.165) is 6.42 Å². The summed E-state index contributed by atoms with van der Waals surface area (Å²) in [5, 5.41) is 19.4. The van der Waals surface area contributed by atoms with Crippen molar-refractivity contribution >= 4 is 0 Å². The summed E-state index contributed by atoms with van der Waals surface area (Å²) in [4.78, 5) is 0. The van der Waals surface area contributed by atoms with Crippen molar-refractivity contribution in [2.45, 2.75) is 32.9 Å². The summed E-state index contributed by atoms with van der Waals surface area (Å²) in [5.41, 5.74) is 1.97. The van der Waals surface area contributed by atoms with Crippen LogP contribution < -0.4 is 9.47 Å². The van der Waals surface area contributed by atoms with Crippen molar-refractivity contribution in [3.8, 4) is 11.6 Å². The molecule has 0 radical (unpaired) electrons. The summed E-state index contributed by atoms with van der Waals surface area (Å²) in [7, 11) is 4.91. The van der Waals surface area contributed by atoms with E-state index in [9.17, 15) is 5.11 Å². The quantitative estimate of drug-likeness (QED) is 0.872. The SMILES string of the molecule is CCCn1ncc(OC)c1C(O)c1c(C)nn(C)c1OC. The van der Waals surface area contributed by atoms with Gasteiger partial charge in [0, 0.05) is 13.6 Å². The molecular formula is C14H22N4O3. The molecule has 0 aliphatic carbocycles. The van der Waals surface area contributed by atoms with Gasteiger partial charge < -0.3 is 14.6 Å². The molecule has 1 atom stereocenters. The van der Waals surface area contributed by atoms with Gasteiger partial charge in [0.15, 0.2) is 5.75 Å². The van der Waals surface area contributed by atoms with Gasteiger partial charge in [-0.2, -0.15) is 10.2 Å². The van der Waals surface area contributed by atoms with Crippen LogP contribution in [0.15, 0.2) is 6.20 Å². The van der Waals surface area contributed by atoms with E-state index in [0.29, 0.717) is 35.1 Å². The van der Waals surface area contributed by atoms with Crippen LogP contribution in [-0.2, 0) is 13.6 Å². The molecule has 0 spiro atoms. The molecule has 7 nitrogen and oxygen atoms in total. The number of methoxy groups -OCH3 is 2. The number of aliphatic hydroxyl groups is 1. The molecule has 0 saturated carbocycles. The second-order valence-electron chi connectivity index (χ2n) is 4.86. The molecule has 0 aromatic carbocycles.